The van der Waals surface area contributed by atoms with Gasteiger partial charge in [-0.2, -0.15) is 0 Å². The van der Waals surface area contributed by atoms with Crippen LogP contribution in [0.5, 0.6) is 11.5 Å². The van der Waals surface area contributed by atoms with E-state index in [9.17, 15) is 10.1 Å². The number of nitrogen functional groups attached to an aromatic ring is 1. The Hall–Kier alpha value is -2.60. The zero-order valence-corrected chi connectivity index (χ0v) is 11.8. The summed E-state index contributed by atoms with van der Waals surface area (Å²) in [6.07, 6.45) is 0. The monoisotopic (exact) mass is 305 g/mol. The number of ether oxygens (including phenoxy) is 1. The summed E-state index contributed by atoms with van der Waals surface area (Å²) >= 11 is 6.00. The molecule has 2 aromatic carbocycles. The molecule has 6 nitrogen and oxygen atoms in total. The number of halogens is 1. The van der Waals surface area contributed by atoms with Crippen LogP contribution in [-0.2, 0) is 0 Å². The van der Waals surface area contributed by atoms with Crippen LogP contribution in [-0.4, -0.2) is 10.8 Å². The van der Waals surface area contributed by atoms with Crippen molar-refractivity contribution in [3.05, 3.63) is 62.7 Å². The van der Waals surface area contributed by atoms with Gasteiger partial charge in [-0.1, -0.05) is 23.7 Å². The lowest BCUT2D eigenvalue weighted by Crippen LogP contribution is -2.12. The molecular formula is C14H12ClN3O3. The average molecular weight is 306 g/mol. The first-order chi connectivity index (χ1) is 9.90. The topological polar surface area (TPSA) is 102 Å². The van der Waals surface area contributed by atoms with Crippen molar-refractivity contribution < 1.29 is 9.66 Å². The molecule has 0 atom stereocenters. The van der Waals surface area contributed by atoms with Gasteiger partial charge in [-0.25, -0.2) is 0 Å². The van der Waals surface area contributed by atoms with Gasteiger partial charge in [0, 0.05) is 6.07 Å². The number of nitrogens with zero attached hydrogens (tertiary/aromatic N) is 1. The second-order valence-electron chi connectivity index (χ2n) is 4.34. The van der Waals surface area contributed by atoms with Gasteiger partial charge in [-0.05, 0) is 24.6 Å². The minimum atomic E-state index is -0.535. The van der Waals surface area contributed by atoms with Gasteiger partial charge in [0.15, 0.2) is 5.75 Å². The molecule has 0 aliphatic carbocycles. The molecule has 0 saturated carbocycles. The number of nitro groups is 1. The van der Waals surface area contributed by atoms with Crippen molar-refractivity contribution in [2.24, 2.45) is 5.73 Å². The van der Waals surface area contributed by atoms with Gasteiger partial charge in [0.05, 0.1) is 21.6 Å². The predicted octanol–water partition coefficient (Wildman–Crippen LogP) is 3.63. The smallest absolute Gasteiger partial charge is 0.273 e. The van der Waals surface area contributed by atoms with E-state index in [1.54, 1.807) is 25.1 Å². The Labute approximate surface area is 125 Å². The van der Waals surface area contributed by atoms with E-state index in [1.165, 1.54) is 18.2 Å². The maximum absolute atomic E-state index is 10.8. The van der Waals surface area contributed by atoms with E-state index >= 15 is 0 Å². The summed E-state index contributed by atoms with van der Waals surface area (Å²) in [5.74, 6) is 0.338. The number of benzene rings is 2. The number of nitrogens with one attached hydrogen (secondary N) is 1. The summed E-state index contributed by atoms with van der Waals surface area (Å²) in [6.45, 7) is 1.78. The Balaban J connectivity index is 2.50. The summed E-state index contributed by atoms with van der Waals surface area (Å²) in [7, 11) is 0. The normalized spacial score (nSPS) is 10.2. The number of nitrogens with two attached hydrogens (primary N) is 1. The highest BCUT2D eigenvalue weighted by Crippen LogP contribution is 2.35. The van der Waals surface area contributed by atoms with Gasteiger partial charge >= 0.3 is 0 Å². The Bertz CT molecular complexity index is 731. The van der Waals surface area contributed by atoms with Crippen LogP contribution in [0.3, 0.4) is 0 Å². The van der Waals surface area contributed by atoms with E-state index in [0.29, 0.717) is 11.3 Å². The lowest BCUT2D eigenvalue weighted by molar-refractivity contribution is -0.384. The molecule has 0 saturated heterocycles. The third-order valence-electron chi connectivity index (χ3n) is 2.84. The van der Waals surface area contributed by atoms with Gasteiger partial charge < -0.3 is 10.5 Å². The van der Waals surface area contributed by atoms with Gasteiger partial charge in [0.2, 0.25) is 0 Å². The van der Waals surface area contributed by atoms with E-state index in [-0.39, 0.29) is 22.3 Å². The zero-order chi connectivity index (χ0) is 15.6. The number of nitro benzene ring substituents is 1. The lowest BCUT2D eigenvalue weighted by atomic mass is 10.1. The number of hydrogen-bond acceptors (Lipinski definition) is 4. The Morgan fingerprint density at radius 2 is 2.10 bits per heavy atom. The molecule has 0 amide bonds. The van der Waals surface area contributed by atoms with Crippen molar-refractivity contribution in [1.82, 2.24) is 0 Å². The average Bonchev–Trinajstić information content (AvgIpc) is 2.42. The summed E-state index contributed by atoms with van der Waals surface area (Å²) in [6, 6.07) is 9.08. The minimum absolute atomic E-state index is 0.132. The first-order valence-electron chi connectivity index (χ1n) is 5.96. The molecule has 0 fully saturated rings. The molecule has 0 aliphatic heterocycles. The number of aryl methyl sites for hydroxylation is 1. The molecule has 21 heavy (non-hydrogen) atoms. The molecule has 0 heterocycles. The molecule has 2 rings (SSSR count). The summed E-state index contributed by atoms with van der Waals surface area (Å²) in [5.41, 5.74) is 6.52. The third kappa shape index (κ3) is 3.11. The lowest BCUT2D eigenvalue weighted by Gasteiger charge is -2.13. The van der Waals surface area contributed by atoms with Crippen molar-refractivity contribution >= 4 is 23.1 Å². The maximum Gasteiger partial charge on any atom is 0.273 e. The van der Waals surface area contributed by atoms with Crippen molar-refractivity contribution in [3.8, 4) is 11.5 Å². The molecular weight excluding hydrogens is 294 g/mol. The third-order valence-corrected chi connectivity index (χ3v) is 3.15. The highest BCUT2D eigenvalue weighted by Gasteiger charge is 2.15. The van der Waals surface area contributed by atoms with Crippen LogP contribution in [0.1, 0.15) is 11.1 Å². The molecule has 2 aromatic rings. The summed E-state index contributed by atoms with van der Waals surface area (Å²) < 4.78 is 5.67. The van der Waals surface area contributed by atoms with Crippen molar-refractivity contribution in [2.75, 3.05) is 0 Å². The second kappa shape index (κ2) is 5.80. The van der Waals surface area contributed by atoms with Crippen LogP contribution >= 0.6 is 11.6 Å². The molecule has 0 spiro atoms. The number of amidine groups is 1. The van der Waals surface area contributed by atoms with E-state index in [2.05, 4.69) is 0 Å². The molecule has 0 unspecified atom stereocenters. The van der Waals surface area contributed by atoms with Crippen LogP contribution in [0.2, 0.25) is 5.02 Å². The van der Waals surface area contributed by atoms with Crippen LogP contribution in [0.15, 0.2) is 36.4 Å². The zero-order valence-electron chi connectivity index (χ0n) is 11.1. The molecule has 3 N–H and O–H groups in total. The quantitative estimate of drug-likeness (QED) is 0.389. The van der Waals surface area contributed by atoms with Gasteiger partial charge in [0.25, 0.3) is 5.69 Å². The van der Waals surface area contributed by atoms with Crippen LogP contribution in [0, 0.1) is 22.4 Å². The fourth-order valence-corrected chi connectivity index (χ4v) is 1.95. The molecule has 0 aliphatic rings. The van der Waals surface area contributed by atoms with Crippen molar-refractivity contribution in [1.29, 1.82) is 5.41 Å². The SMILES string of the molecule is Cc1cccc(C(=N)N)c1Oc1cc([N+](=O)[O-])ccc1Cl. The molecule has 0 radical (unpaired) electrons. The Morgan fingerprint density at radius 3 is 2.71 bits per heavy atom. The van der Waals surface area contributed by atoms with Crippen LogP contribution in [0.25, 0.3) is 0 Å². The van der Waals surface area contributed by atoms with Gasteiger partial charge in [-0.15, -0.1) is 0 Å². The van der Waals surface area contributed by atoms with E-state index in [0.717, 1.165) is 5.56 Å². The largest absolute Gasteiger partial charge is 0.454 e. The van der Waals surface area contributed by atoms with Crippen LogP contribution in [0.4, 0.5) is 5.69 Å². The highest BCUT2D eigenvalue weighted by molar-refractivity contribution is 6.32. The van der Waals surface area contributed by atoms with Gasteiger partial charge in [0.1, 0.15) is 11.6 Å². The van der Waals surface area contributed by atoms with E-state index < -0.39 is 4.92 Å². The summed E-state index contributed by atoms with van der Waals surface area (Å²) in [4.78, 5) is 10.3. The van der Waals surface area contributed by atoms with Crippen molar-refractivity contribution in [2.45, 2.75) is 6.92 Å². The number of hydrogen-bond donors (Lipinski definition) is 2. The maximum atomic E-state index is 10.8. The van der Waals surface area contributed by atoms with E-state index in [1.807, 2.05) is 0 Å². The molecule has 0 aromatic heterocycles. The Morgan fingerprint density at radius 1 is 1.38 bits per heavy atom. The number of para-hydroxylation sites is 1. The number of non-ortho nitro benzene ring substituents is 1. The second-order valence-corrected chi connectivity index (χ2v) is 4.75. The summed E-state index contributed by atoms with van der Waals surface area (Å²) in [5, 5.41) is 18.6. The number of rotatable bonds is 4. The fourth-order valence-electron chi connectivity index (χ4n) is 1.79. The first-order valence-corrected chi connectivity index (χ1v) is 6.33. The van der Waals surface area contributed by atoms with E-state index in [4.69, 9.17) is 27.5 Å². The first kappa shape index (κ1) is 14.8. The molecule has 0 bridgehead atoms. The highest BCUT2D eigenvalue weighted by atomic mass is 35.5. The molecule has 7 heteroatoms. The van der Waals surface area contributed by atoms with Crippen LogP contribution < -0.4 is 10.5 Å². The molecule has 108 valence electrons. The Kier molecular flexibility index (Phi) is 4.09. The fraction of sp³-hybridized carbons (Fsp3) is 0.0714. The van der Waals surface area contributed by atoms with Crippen molar-refractivity contribution in [3.63, 3.8) is 0 Å². The predicted molar refractivity (Wildman–Crippen MR) is 80.4 cm³/mol. The standard InChI is InChI=1S/C14H12ClN3O3/c1-8-3-2-4-10(14(16)17)13(8)21-12-7-9(18(19)20)5-6-11(12)15/h2-7H,1H3,(H3,16,17). The minimum Gasteiger partial charge on any atom is -0.454 e. The van der Waals surface area contributed by atoms with Gasteiger partial charge in [-0.3, -0.25) is 15.5 Å².